The molecule has 2 saturated heterocycles. The minimum absolute atomic E-state index is 0. The number of ether oxygens (including phenoxy) is 1. The van der Waals surface area contributed by atoms with Crippen LogP contribution in [0.1, 0.15) is 17.4 Å². The summed E-state index contributed by atoms with van der Waals surface area (Å²) in [7, 11) is 3.98. The molecule has 3 aromatic rings. The zero-order chi connectivity index (χ0) is 18.4. The zero-order valence-corrected chi connectivity index (χ0v) is 18.4. The van der Waals surface area contributed by atoms with Gasteiger partial charge in [-0.2, -0.15) is 0 Å². The van der Waals surface area contributed by atoms with Crippen molar-refractivity contribution in [1.29, 1.82) is 0 Å². The average molecular weight is 435 g/mol. The molecule has 0 unspecified atom stereocenters. The number of aromatic amines is 1. The molecule has 7 heteroatoms. The van der Waals surface area contributed by atoms with Crippen LogP contribution in [0, 0.1) is 11.8 Å². The van der Waals surface area contributed by atoms with Gasteiger partial charge < -0.3 is 9.72 Å². The van der Waals surface area contributed by atoms with E-state index in [4.69, 9.17) is 9.72 Å². The van der Waals surface area contributed by atoms with Crippen molar-refractivity contribution in [3.8, 4) is 5.75 Å². The van der Waals surface area contributed by atoms with Gasteiger partial charge in [-0.3, -0.25) is 9.80 Å². The van der Waals surface area contributed by atoms with Crippen molar-refractivity contribution in [3.05, 3.63) is 59.9 Å². The van der Waals surface area contributed by atoms with E-state index in [0.29, 0.717) is 12.0 Å². The molecular weight excluding hydrogens is 407 g/mol. The van der Waals surface area contributed by atoms with Crippen LogP contribution in [0.4, 0.5) is 0 Å². The summed E-state index contributed by atoms with van der Waals surface area (Å²) in [5.41, 5.74) is 3.59. The van der Waals surface area contributed by atoms with E-state index in [2.05, 4.69) is 64.3 Å². The summed E-state index contributed by atoms with van der Waals surface area (Å²) < 4.78 is 5.32. The topological polar surface area (TPSA) is 44.4 Å². The molecule has 0 bridgehead atoms. The van der Waals surface area contributed by atoms with Crippen LogP contribution >= 0.6 is 24.8 Å². The van der Waals surface area contributed by atoms with Crippen LogP contribution in [0.5, 0.6) is 5.75 Å². The van der Waals surface area contributed by atoms with E-state index in [1.807, 2.05) is 6.07 Å². The fourth-order valence-corrected chi connectivity index (χ4v) is 5.07. The maximum absolute atomic E-state index is 5.32. The minimum Gasteiger partial charge on any atom is -0.497 e. The van der Waals surface area contributed by atoms with Crippen LogP contribution in [-0.4, -0.2) is 53.6 Å². The molecule has 0 saturated carbocycles. The first-order chi connectivity index (χ1) is 13.2. The van der Waals surface area contributed by atoms with Gasteiger partial charge in [0.2, 0.25) is 0 Å². The zero-order valence-electron chi connectivity index (χ0n) is 16.7. The highest BCUT2D eigenvalue weighted by molar-refractivity contribution is 5.85. The molecule has 0 radical (unpaired) electrons. The van der Waals surface area contributed by atoms with E-state index in [1.54, 1.807) is 7.11 Å². The lowest BCUT2D eigenvalue weighted by molar-refractivity contribution is 0.222. The number of rotatable bonds is 4. The van der Waals surface area contributed by atoms with Crippen molar-refractivity contribution in [2.75, 3.05) is 33.8 Å². The molecule has 156 valence electrons. The smallest absolute Gasteiger partial charge is 0.121 e. The highest BCUT2D eigenvalue weighted by Gasteiger charge is 2.46. The van der Waals surface area contributed by atoms with Gasteiger partial charge in [0.05, 0.1) is 24.7 Å². The monoisotopic (exact) mass is 434 g/mol. The lowest BCUT2D eigenvalue weighted by atomic mass is 9.89. The Morgan fingerprint density at radius 1 is 1.03 bits per heavy atom. The Kier molecular flexibility index (Phi) is 6.74. The molecule has 2 aliphatic heterocycles. The van der Waals surface area contributed by atoms with Crippen molar-refractivity contribution >= 4 is 35.8 Å². The van der Waals surface area contributed by atoms with Gasteiger partial charge in [-0.15, -0.1) is 24.8 Å². The third kappa shape index (κ3) is 4.10. The number of hydrogen-bond acceptors (Lipinski definition) is 4. The molecule has 3 atom stereocenters. The number of nitrogens with zero attached hydrogens (tertiary/aromatic N) is 3. The normalized spacial score (nSPS) is 24.1. The quantitative estimate of drug-likeness (QED) is 0.669. The second-order valence-electron chi connectivity index (χ2n) is 7.98. The van der Waals surface area contributed by atoms with E-state index in [9.17, 15) is 0 Å². The Hall–Kier alpha value is -1.79. The van der Waals surface area contributed by atoms with Crippen LogP contribution < -0.4 is 4.74 Å². The molecule has 2 fully saturated rings. The SMILES string of the molecule is COc1ccc([C@H]2[C@@H]3CN(Cc4nc5ccccc5[nH]4)C[C@@H]3CN2C)cc1.Cl.Cl. The average Bonchev–Trinajstić information content (AvgIpc) is 3.33. The van der Waals surface area contributed by atoms with Crippen LogP contribution in [-0.2, 0) is 6.54 Å². The van der Waals surface area contributed by atoms with Gasteiger partial charge in [0.1, 0.15) is 11.6 Å². The fraction of sp³-hybridized carbons (Fsp3) is 0.409. The molecule has 0 aliphatic carbocycles. The summed E-state index contributed by atoms with van der Waals surface area (Å²) in [5.74, 6) is 3.40. The number of likely N-dealkylation sites (tertiary alicyclic amines) is 2. The minimum atomic E-state index is 0. The largest absolute Gasteiger partial charge is 0.497 e. The number of methoxy groups -OCH3 is 1. The van der Waals surface area contributed by atoms with Crippen molar-refractivity contribution in [2.45, 2.75) is 12.6 Å². The van der Waals surface area contributed by atoms with E-state index in [-0.39, 0.29) is 24.8 Å². The molecule has 0 amide bonds. The van der Waals surface area contributed by atoms with Gasteiger partial charge in [-0.1, -0.05) is 24.3 Å². The first kappa shape index (κ1) is 21.9. The van der Waals surface area contributed by atoms with Crippen LogP contribution in [0.2, 0.25) is 0 Å². The van der Waals surface area contributed by atoms with E-state index in [0.717, 1.165) is 54.7 Å². The van der Waals surface area contributed by atoms with E-state index in [1.165, 1.54) is 5.56 Å². The number of aromatic nitrogens is 2. The maximum Gasteiger partial charge on any atom is 0.121 e. The van der Waals surface area contributed by atoms with E-state index >= 15 is 0 Å². The lowest BCUT2D eigenvalue weighted by Gasteiger charge is -2.26. The molecule has 3 heterocycles. The third-order valence-corrected chi connectivity index (χ3v) is 6.24. The predicted molar refractivity (Wildman–Crippen MR) is 121 cm³/mol. The van der Waals surface area contributed by atoms with Crippen LogP contribution in [0.3, 0.4) is 0 Å². The summed E-state index contributed by atoms with van der Waals surface area (Å²) in [6.07, 6.45) is 0. The molecule has 0 spiro atoms. The summed E-state index contributed by atoms with van der Waals surface area (Å²) in [6, 6.07) is 17.4. The summed E-state index contributed by atoms with van der Waals surface area (Å²) in [6.45, 7) is 4.35. The van der Waals surface area contributed by atoms with Gasteiger partial charge in [0.15, 0.2) is 0 Å². The molecule has 1 aromatic heterocycles. The number of nitrogens with one attached hydrogen (secondary N) is 1. The fourth-order valence-electron chi connectivity index (χ4n) is 5.07. The maximum atomic E-state index is 5.32. The lowest BCUT2D eigenvalue weighted by Crippen LogP contribution is -2.29. The van der Waals surface area contributed by atoms with Gasteiger partial charge in [-0.25, -0.2) is 4.98 Å². The molecule has 2 aromatic carbocycles. The van der Waals surface area contributed by atoms with Gasteiger partial charge in [0.25, 0.3) is 0 Å². The Labute approximate surface area is 184 Å². The van der Waals surface area contributed by atoms with E-state index < -0.39 is 0 Å². The second kappa shape index (κ2) is 8.92. The molecule has 1 N–H and O–H groups in total. The summed E-state index contributed by atoms with van der Waals surface area (Å²) >= 11 is 0. The van der Waals surface area contributed by atoms with Crippen molar-refractivity contribution < 1.29 is 4.74 Å². The van der Waals surface area contributed by atoms with Gasteiger partial charge >= 0.3 is 0 Å². The van der Waals surface area contributed by atoms with Crippen molar-refractivity contribution in [2.24, 2.45) is 11.8 Å². The first-order valence-corrected chi connectivity index (χ1v) is 9.71. The Morgan fingerprint density at radius 2 is 1.79 bits per heavy atom. The van der Waals surface area contributed by atoms with Crippen molar-refractivity contribution in [1.82, 2.24) is 19.8 Å². The highest BCUT2D eigenvalue weighted by atomic mass is 35.5. The molecular formula is C22H28Cl2N4O. The third-order valence-electron chi connectivity index (χ3n) is 6.24. The molecule has 5 nitrogen and oxygen atoms in total. The first-order valence-electron chi connectivity index (χ1n) is 9.71. The van der Waals surface area contributed by atoms with Crippen molar-refractivity contribution in [3.63, 3.8) is 0 Å². The standard InChI is InChI=1S/C22H26N4O.2ClH/c1-25-11-16-12-26(14-21-23-19-5-3-4-6-20(19)24-21)13-18(16)22(25)15-7-9-17(27-2)10-8-15;;/h3-10,16,18,22H,11-14H2,1-2H3,(H,23,24);2*1H/t16-,18+,22-;;/m0../s1. The number of halogens is 2. The summed E-state index contributed by atoms with van der Waals surface area (Å²) in [4.78, 5) is 13.3. The number of imidazole rings is 1. The number of benzene rings is 2. The second-order valence-corrected chi connectivity index (χ2v) is 7.98. The number of hydrogen-bond donors (Lipinski definition) is 1. The Balaban J connectivity index is 0.00000120. The molecule has 29 heavy (non-hydrogen) atoms. The molecule has 2 aliphatic rings. The number of para-hydroxylation sites is 2. The number of H-pyrrole nitrogens is 1. The Morgan fingerprint density at radius 3 is 2.52 bits per heavy atom. The summed E-state index contributed by atoms with van der Waals surface area (Å²) in [5, 5.41) is 0. The number of fused-ring (bicyclic) bond motifs is 2. The van der Waals surface area contributed by atoms with Gasteiger partial charge in [0, 0.05) is 25.7 Å². The Bertz CT molecular complexity index is 912. The van der Waals surface area contributed by atoms with Crippen LogP contribution in [0.25, 0.3) is 11.0 Å². The molecule has 5 rings (SSSR count). The predicted octanol–water partition coefficient (Wildman–Crippen LogP) is 4.15. The highest BCUT2D eigenvalue weighted by Crippen LogP contribution is 2.44. The van der Waals surface area contributed by atoms with Crippen LogP contribution in [0.15, 0.2) is 48.5 Å². The van der Waals surface area contributed by atoms with Gasteiger partial charge in [-0.05, 0) is 48.7 Å².